The Morgan fingerprint density at radius 3 is 1.89 bits per heavy atom. The predicted octanol–water partition coefficient (Wildman–Crippen LogP) is 1.68. The molecule has 0 saturated heterocycles. The molecule has 1 aromatic rings. The van der Waals surface area contributed by atoms with E-state index in [4.69, 9.17) is 5.11 Å². The van der Waals surface area contributed by atoms with Crippen molar-refractivity contribution >= 4 is 12.6 Å². The van der Waals surface area contributed by atoms with Gasteiger partial charge < -0.3 is 5.11 Å². The summed E-state index contributed by atoms with van der Waals surface area (Å²) in [5.74, 6) is 0.280. The topological polar surface area (TPSA) is 20.2 Å². The van der Waals surface area contributed by atoms with Crippen LogP contribution in [0.2, 0.25) is 0 Å². The van der Waals surface area contributed by atoms with Gasteiger partial charge in [0.1, 0.15) is 5.75 Å². The van der Waals surface area contributed by atoms with Gasteiger partial charge in [-0.25, -0.2) is 0 Å². The maximum Gasteiger partial charge on any atom is 0.115 e. The Morgan fingerprint density at radius 1 is 1.11 bits per heavy atom. The van der Waals surface area contributed by atoms with Gasteiger partial charge in [-0.3, -0.25) is 0 Å². The molecule has 44 valence electrons. The Labute approximate surface area is 72.3 Å². The van der Waals surface area contributed by atoms with E-state index in [1.54, 1.807) is 24.3 Å². The molecule has 0 aliphatic carbocycles. The summed E-state index contributed by atoms with van der Waals surface area (Å²) in [4.78, 5) is 0.864. The second-order valence-electron chi connectivity index (χ2n) is 1.52. The van der Waals surface area contributed by atoms with Crippen molar-refractivity contribution in [3.05, 3.63) is 24.3 Å². The number of rotatable bonds is 0. The monoisotopic (exact) mass is 190 g/mol. The Balaban J connectivity index is 0.000000640. The van der Waals surface area contributed by atoms with E-state index in [0.29, 0.717) is 0 Å². The van der Waals surface area contributed by atoms with E-state index in [2.05, 4.69) is 12.6 Å². The molecule has 0 saturated carbocycles. The van der Waals surface area contributed by atoms with E-state index < -0.39 is 0 Å². The molecule has 0 radical (unpaired) electrons. The molecule has 0 unspecified atom stereocenters. The molecule has 1 nitrogen and oxygen atoms in total. The molecule has 0 amide bonds. The molecule has 0 bridgehead atoms. The summed E-state index contributed by atoms with van der Waals surface area (Å²) in [7, 11) is 0. The van der Waals surface area contributed by atoms with Crippen LogP contribution in [-0.4, -0.2) is 5.11 Å². The van der Waals surface area contributed by atoms with E-state index in [9.17, 15) is 0 Å². The maximum absolute atomic E-state index is 8.72. The third-order valence-corrected chi connectivity index (χ3v) is 1.15. The minimum atomic E-state index is 0. The van der Waals surface area contributed by atoms with E-state index in [1.807, 2.05) is 0 Å². The molecule has 0 aromatic heterocycles. The molecule has 0 spiro atoms. The predicted molar refractivity (Wildman–Crippen MR) is 35.4 cm³/mol. The van der Waals surface area contributed by atoms with E-state index >= 15 is 0 Å². The summed E-state index contributed by atoms with van der Waals surface area (Å²) in [6.45, 7) is 0. The van der Waals surface area contributed by atoms with Gasteiger partial charge in [0.05, 0.1) is 0 Å². The van der Waals surface area contributed by atoms with Crippen LogP contribution in [0.4, 0.5) is 0 Å². The van der Waals surface area contributed by atoms with Crippen molar-refractivity contribution in [1.29, 1.82) is 0 Å². The van der Waals surface area contributed by atoms with Crippen LogP contribution in [0.3, 0.4) is 0 Å². The summed E-state index contributed by atoms with van der Waals surface area (Å²) < 4.78 is 0. The van der Waals surface area contributed by atoms with Crippen molar-refractivity contribution < 1.29 is 24.6 Å². The van der Waals surface area contributed by atoms with Crippen molar-refractivity contribution in [1.82, 2.24) is 0 Å². The second-order valence-corrected chi connectivity index (χ2v) is 2.03. The zero-order valence-electron chi connectivity index (χ0n) is 4.91. The van der Waals surface area contributed by atoms with Crippen LogP contribution in [0.5, 0.6) is 5.75 Å². The fraction of sp³-hybridized carbons (Fsp3) is 0. The van der Waals surface area contributed by atoms with Crippen LogP contribution in [0, 0.1) is 0 Å². The first kappa shape index (κ1) is 8.99. The summed E-state index contributed by atoms with van der Waals surface area (Å²) >= 11 is 4.02. The average molecular weight is 192 g/mol. The molecule has 0 atom stereocenters. The summed E-state index contributed by atoms with van der Waals surface area (Å²) in [6.07, 6.45) is 0. The van der Waals surface area contributed by atoms with Gasteiger partial charge in [0.25, 0.3) is 0 Å². The van der Waals surface area contributed by atoms with Gasteiger partial charge in [0.15, 0.2) is 0 Å². The number of benzene rings is 1. The van der Waals surface area contributed by atoms with Crippen LogP contribution in [0.15, 0.2) is 29.2 Å². The van der Waals surface area contributed by atoms with Gasteiger partial charge in [-0.2, -0.15) is 0 Å². The van der Waals surface area contributed by atoms with Gasteiger partial charge in [0, 0.05) is 24.4 Å². The Kier molecular flexibility index (Phi) is 3.91. The first-order valence-corrected chi connectivity index (χ1v) is 2.72. The summed E-state index contributed by atoms with van der Waals surface area (Å²) in [5.41, 5.74) is 0. The number of thiol groups is 1. The first-order chi connectivity index (χ1) is 3.79. The summed E-state index contributed by atoms with van der Waals surface area (Å²) in [6, 6.07) is 6.67. The average Bonchev–Trinajstić information content (AvgIpc) is 1.77. The zero-order chi connectivity index (χ0) is 5.98. The SMILES string of the molecule is Oc1ccc(S)cc1.[Zn]. The van der Waals surface area contributed by atoms with Gasteiger partial charge in [0.2, 0.25) is 0 Å². The van der Waals surface area contributed by atoms with E-state index in [1.165, 1.54) is 0 Å². The zero-order valence-corrected chi connectivity index (χ0v) is 8.77. The molecule has 0 heterocycles. The third-order valence-electron chi connectivity index (χ3n) is 0.850. The van der Waals surface area contributed by atoms with Crippen LogP contribution in [-0.2, 0) is 19.5 Å². The minimum absolute atomic E-state index is 0. The van der Waals surface area contributed by atoms with Crippen molar-refractivity contribution in [3.63, 3.8) is 0 Å². The number of phenolic OH excluding ortho intramolecular Hbond substituents is 1. The molecule has 1 aromatic carbocycles. The number of phenols is 1. The smallest absolute Gasteiger partial charge is 0.115 e. The molecule has 9 heavy (non-hydrogen) atoms. The van der Waals surface area contributed by atoms with E-state index in [-0.39, 0.29) is 25.2 Å². The van der Waals surface area contributed by atoms with Gasteiger partial charge in [-0.1, -0.05) is 0 Å². The molecular weight excluding hydrogens is 186 g/mol. The maximum atomic E-state index is 8.72. The Bertz CT molecular complexity index is 152. The van der Waals surface area contributed by atoms with Gasteiger partial charge in [-0.15, -0.1) is 12.6 Å². The second kappa shape index (κ2) is 3.91. The van der Waals surface area contributed by atoms with Crippen molar-refractivity contribution in [2.45, 2.75) is 4.90 Å². The standard InChI is InChI=1S/C6H6OS.Zn/c7-5-1-3-6(8)4-2-5;/h1-4,7-8H;. The van der Waals surface area contributed by atoms with Crippen LogP contribution in [0.1, 0.15) is 0 Å². The van der Waals surface area contributed by atoms with Crippen molar-refractivity contribution in [2.24, 2.45) is 0 Å². The van der Waals surface area contributed by atoms with Crippen LogP contribution in [0.25, 0.3) is 0 Å². The van der Waals surface area contributed by atoms with Crippen molar-refractivity contribution in [2.75, 3.05) is 0 Å². The number of hydrogen-bond acceptors (Lipinski definition) is 2. The molecule has 0 fully saturated rings. The molecule has 0 aliphatic heterocycles. The molecular formula is C6H6OSZn. The largest absolute Gasteiger partial charge is 0.508 e. The normalized spacial score (nSPS) is 8.11. The number of aromatic hydroxyl groups is 1. The van der Waals surface area contributed by atoms with Crippen LogP contribution >= 0.6 is 12.6 Å². The Hall–Kier alpha value is -0.00662. The van der Waals surface area contributed by atoms with E-state index in [0.717, 1.165) is 4.90 Å². The van der Waals surface area contributed by atoms with Crippen LogP contribution < -0.4 is 0 Å². The fourth-order valence-corrected chi connectivity index (χ4v) is 0.602. The molecule has 1 rings (SSSR count). The number of hydrogen-bond donors (Lipinski definition) is 2. The summed E-state index contributed by atoms with van der Waals surface area (Å²) in [5, 5.41) is 8.72. The fourth-order valence-electron chi connectivity index (χ4n) is 0.453. The van der Waals surface area contributed by atoms with Gasteiger partial charge in [-0.05, 0) is 24.3 Å². The quantitative estimate of drug-likeness (QED) is 0.472. The van der Waals surface area contributed by atoms with Crippen molar-refractivity contribution in [3.8, 4) is 5.75 Å². The molecule has 0 aliphatic rings. The van der Waals surface area contributed by atoms with Gasteiger partial charge >= 0.3 is 0 Å². The molecule has 3 heteroatoms. The third kappa shape index (κ3) is 2.88. The Morgan fingerprint density at radius 2 is 1.56 bits per heavy atom. The molecule has 1 N–H and O–H groups in total. The minimum Gasteiger partial charge on any atom is -0.508 e. The first-order valence-electron chi connectivity index (χ1n) is 2.27.